The quantitative estimate of drug-likeness (QED) is 0.835. The van der Waals surface area contributed by atoms with Crippen LogP contribution in [0.4, 0.5) is 0 Å². The molecule has 1 fully saturated rings. The fourth-order valence-electron chi connectivity index (χ4n) is 2.48. The lowest BCUT2D eigenvalue weighted by Crippen LogP contribution is -2.40. The van der Waals surface area contributed by atoms with Crippen molar-refractivity contribution in [1.82, 2.24) is 10.0 Å². The minimum atomic E-state index is -3.44. The lowest BCUT2D eigenvalue weighted by molar-refractivity contribution is 0.0585. The molecule has 2 rings (SSSR count). The van der Waals surface area contributed by atoms with E-state index in [-0.39, 0.29) is 6.04 Å². The summed E-state index contributed by atoms with van der Waals surface area (Å²) in [6.07, 6.45) is 1.83. The first kappa shape index (κ1) is 15.9. The first-order valence-corrected chi connectivity index (χ1v) is 9.22. The van der Waals surface area contributed by atoms with Crippen LogP contribution in [0.1, 0.15) is 24.6 Å². The summed E-state index contributed by atoms with van der Waals surface area (Å²) in [7, 11) is -1.63. The molecule has 20 heavy (non-hydrogen) atoms. The smallest absolute Gasteiger partial charge is 0.241 e. The summed E-state index contributed by atoms with van der Waals surface area (Å²) in [6.45, 7) is 3.96. The van der Waals surface area contributed by atoms with Crippen LogP contribution in [0, 0.1) is 5.92 Å². The highest BCUT2D eigenvalue weighted by Gasteiger charge is 2.27. The van der Waals surface area contributed by atoms with Crippen molar-refractivity contribution in [3.8, 4) is 0 Å². The molecule has 2 N–H and O–H groups in total. The molecule has 5 nitrogen and oxygen atoms in total. The minimum absolute atomic E-state index is 0.0637. The number of thiophene rings is 1. The summed E-state index contributed by atoms with van der Waals surface area (Å²) >= 11 is 1.46. The van der Waals surface area contributed by atoms with Crippen LogP contribution >= 0.6 is 11.3 Å². The highest BCUT2D eigenvalue weighted by atomic mass is 32.2. The second-order valence-corrected chi connectivity index (χ2v) is 7.78. The van der Waals surface area contributed by atoms with Crippen LogP contribution in [0.3, 0.4) is 0 Å². The van der Waals surface area contributed by atoms with Gasteiger partial charge < -0.3 is 10.1 Å². The zero-order chi connectivity index (χ0) is 14.6. The predicted octanol–water partition coefficient (Wildman–Crippen LogP) is 1.56. The summed E-state index contributed by atoms with van der Waals surface area (Å²) in [5.74, 6) is 0.352. The Labute approximate surface area is 124 Å². The first-order valence-electron chi connectivity index (χ1n) is 6.85. The highest BCUT2D eigenvalue weighted by molar-refractivity contribution is 7.89. The van der Waals surface area contributed by atoms with Crippen molar-refractivity contribution in [3.63, 3.8) is 0 Å². The maximum atomic E-state index is 12.5. The van der Waals surface area contributed by atoms with Gasteiger partial charge in [0.1, 0.15) is 0 Å². The monoisotopic (exact) mass is 318 g/mol. The van der Waals surface area contributed by atoms with Gasteiger partial charge in [-0.05, 0) is 44.2 Å². The van der Waals surface area contributed by atoms with Crippen molar-refractivity contribution in [2.45, 2.75) is 37.2 Å². The third-order valence-electron chi connectivity index (χ3n) is 3.65. The van der Waals surface area contributed by atoms with Crippen LogP contribution in [0.15, 0.2) is 16.3 Å². The molecule has 114 valence electrons. The maximum absolute atomic E-state index is 12.5. The number of hydrogen-bond acceptors (Lipinski definition) is 5. The van der Waals surface area contributed by atoms with E-state index in [0.29, 0.717) is 17.4 Å². The van der Waals surface area contributed by atoms with Gasteiger partial charge in [0.2, 0.25) is 10.0 Å². The van der Waals surface area contributed by atoms with Crippen LogP contribution in [0.25, 0.3) is 0 Å². The molecular formula is C13H22N2O3S2. The molecule has 7 heteroatoms. The molecule has 1 atom stereocenters. The number of rotatable bonds is 6. The molecule has 1 saturated heterocycles. The Bertz CT molecular complexity index is 521. The van der Waals surface area contributed by atoms with E-state index < -0.39 is 10.0 Å². The fourth-order valence-corrected chi connectivity index (χ4v) is 5.25. The molecular weight excluding hydrogens is 296 g/mol. The normalized spacial score (nSPS) is 19.1. The Hall–Kier alpha value is -0.470. The molecule has 1 aromatic heterocycles. The number of sulfonamides is 1. The second-order valence-electron chi connectivity index (χ2n) is 5.10. The van der Waals surface area contributed by atoms with Crippen molar-refractivity contribution in [2.24, 2.45) is 5.92 Å². The van der Waals surface area contributed by atoms with E-state index >= 15 is 0 Å². The van der Waals surface area contributed by atoms with Crippen LogP contribution in [0.2, 0.25) is 0 Å². The van der Waals surface area contributed by atoms with Gasteiger partial charge in [0.15, 0.2) is 0 Å². The van der Waals surface area contributed by atoms with Gasteiger partial charge in [0.05, 0.1) is 4.90 Å². The zero-order valence-electron chi connectivity index (χ0n) is 11.9. The van der Waals surface area contributed by atoms with Gasteiger partial charge in [0, 0.05) is 30.7 Å². The lowest BCUT2D eigenvalue weighted by atomic mass is 9.94. The average molecular weight is 318 g/mol. The number of hydrogen-bond donors (Lipinski definition) is 2. The van der Waals surface area contributed by atoms with E-state index in [4.69, 9.17) is 4.74 Å². The molecule has 0 aromatic carbocycles. The van der Waals surface area contributed by atoms with Crippen LogP contribution in [0.5, 0.6) is 0 Å². The topological polar surface area (TPSA) is 67.4 Å². The van der Waals surface area contributed by atoms with Gasteiger partial charge in [0.25, 0.3) is 0 Å². The molecule has 1 aromatic rings. The number of ether oxygens (including phenoxy) is 1. The fraction of sp³-hybridized carbons (Fsp3) is 0.692. The Balaban J connectivity index is 2.07. The molecule has 0 amide bonds. The molecule has 2 heterocycles. The SMILES string of the molecule is CNCc1sccc1S(=O)(=O)NC(C)C1CCOCC1. The van der Waals surface area contributed by atoms with Gasteiger partial charge in [-0.15, -0.1) is 11.3 Å². The molecule has 1 unspecified atom stereocenters. The lowest BCUT2D eigenvalue weighted by Gasteiger charge is -2.28. The summed E-state index contributed by atoms with van der Waals surface area (Å²) < 4.78 is 33.1. The molecule has 1 aliphatic heterocycles. The zero-order valence-corrected chi connectivity index (χ0v) is 13.5. The Morgan fingerprint density at radius 3 is 2.80 bits per heavy atom. The molecule has 0 radical (unpaired) electrons. The summed E-state index contributed by atoms with van der Waals surface area (Å²) in [5.41, 5.74) is 0. The maximum Gasteiger partial charge on any atom is 0.241 e. The van der Waals surface area contributed by atoms with E-state index in [1.54, 1.807) is 6.07 Å². The molecule has 0 bridgehead atoms. The van der Waals surface area contributed by atoms with E-state index in [0.717, 1.165) is 30.9 Å². The van der Waals surface area contributed by atoms with E-state index in [1.807, 2.05) is 19.4 Å². The minimum Gasteiger partial charge on any atom is -0.381 e. The standard InChI is InChI=1S/C13H22N2O3S2/c1-10(11-3-6-18-7-4-11)15-20(16,17)13-5-8-19-12(13)9-14-2/h5,8,10-11,14-15H,3-4,6-7,9H2,1-2H3. The highest BCUT2D eigenvalue weighted by Crippen LogP contribution is 2.24. The Morgan fingerprint density at radius 1 is 1.45 bits per heavy atom. The third kappa shape index (κ3) is 3.79. The Kier molecular flexibility index (Phi) is 5.57. The number of nitrogens with one attached hydrogen (secondary N) is 2. The van der Waals surface area contributed by atoms with Crippen molar-refractivity contribution < 1.29 is 13.2 Å². The van der Waals surface area contributed by atoms with Crippen molar-refractivity contribution in [2.75, 3.05) is 20.3 Å². The Morgan fingerprint density at radius 2 is 2.15 bits per heavy atom. The van der Waals surface area contributed by atoms with E-state index in [1.165, 1.54) is 11.3 Å². The van der Waals surface area contributed by atoms with Crippen molar-refractivity contribution in [1.29, 1.82) is 0 Å². The van der Waals surface area contributed by atoms with E-state index in [9.17, 15) is 8.42 Å². The van der Waals surface area contributed by atoms with E-state index in [2.05, 4.69) is 10.0 Å². The molecule has 0 saturated carbocycles. The van der Waals surface area contributed by atoms with Gasteiger partial charge in [-0.3, -0.25) is 0 Å². The van der Waals surface area contributed by atoms with Gasteiger partial charge in [-0.1, -0.05) is 0 Å². The molecule has 0 spiro atoms. The first-order chi connectivity index (χ1) is 9.54. The molecule has 0 aliphatic carbocycles. The van der Waals surface area contributed by atoms with Crippen molar-refractivity contribution in [3.05, 3.63) is 16.3 Å². The third-order valence-corrected chi connectivity index (χ3v) is 6.34. The van der Waals surface area contributed by atoms with Crippen LogP contribution < -0.4 is 10.0 Å². The predicted molar refractivity (Wildman–Crippen MR) is 80.4 cm³/mol. The second kappa shape index (κ2) is 7.00. The van der Waals surface area contributed by atoms with Gasteiger partial charge >= 0.3 is 0 Å². The van der Waals surface area contributed by atoms with Crippen molar-refractivity contribution >= 4 is 21.4 Å². The summed E-state index contributed by atoms with van der Waals surface area (Å²) in [6, 6.07) is 1.61. The van der Waals surface area contributed by atoms with Gasteiger partial charge in [-0.2, -0.15) is 0 Å². The van der Waals surface area contributed by atoms with Gasteiger partial charge in [-0.25, -0.2) is 13.1 Å². The van der Waals surface area contributed by atoms with Crippen LogP contribution in [-0.4, -0.2) is 34.7 Å². The molecule has 1 aliphatic rings. The largest absolute Gasteiger partial charge is 0.381 e. The summed E-state index contributed by atoms with van der Waals surface area (Å²) in [4.78, 5) is 1.25. The summed E-state index contributed by atoms with van der Waals surface area (Å²) in [5, 5.41) is 4.82. The van der Waals surface area contributed by atoms with Crippen LogP contribution in [-0.2, 0) is 21.3 Å². The average Bonchev–Trinajstić information content (AvgIpc) is 2.89.